The van der Waals surface area contributed by atoms with E-state index in [1.54, 1.807) is 31.2 Å². The van der Waals surface area contributed by atoms with E-state index >= 15 is 0 Å². The molecule has 0 bridgehead atoms. The van der Waals surface area contributed by atoms with Crippen LogP contribution in [-0.4, -0.2) is 41.3 Å². The van der Waals surface area contributed by atoms with Gasteiger partial charge in [0, 0.05) is 20.6 Å². The molecule has 0 amide bonds. The van der Waals surface area contributed by atoms with Crippen molar-refractivity contribution in [3.63, 3.8) is 0 Å². The van der Waals surface area contributed by atoms with Gasteiger partial charge in [0.15, 0.2) is 0 Å². The first-order valence-electron chi connectivity index (χ1n) is 8.72. The second-order valence-corrected chi connectivity index (χ2v) is 10.7. The first-order chi connectivity index (χ1) is 12.9. The Bertz CT molecular complexity index is 1050. The molecule has 7 nitrogen and oxygen atoms in total. The highest BCUT2D eigenvalue weighted by molar-refractivity contribution is 7.89. The molecule has 0 unspecified atom stereocenters. The third kappa shape index (κ3) is 5.11. The van der Waals surface area contributed by atoms with Crippen molar-refractivity contribution in [3.05, 3.63) is 53.6 Å². The Morgan fingerprint density at radius 1 is 1.04 bits per heavy atom. The number of nitrogens with zero attached hydrogens (tertiary/aromatic N) is 1. The van der Waals surface area contributed by atoms with Crippen LogP contribution in [0.25, 0.3) is 0 Å². The predicted octanol–water partition coefficient (Wildman–Crippen LogP) is 2.51. The zero-order valence-corrected chi connectivity index (χ0v) is 18.3. The lowest BCUT2D eigenvalue weighted by Gasteiger charge is -2.16. The summed E-state index contributed by atoms with van der Waals surface area (Å²) >= 11 is 0. The lowest BCUT2D eigenvalue weighted by atomic mass is 10.2. The molecule has 0 heterocycles. The van der Waals surface area contributed by atoms with Gasteiger partial charge in [0.05, 0.1) is 15.9 Å². The summed E-state index contributed by atoms with van der Waals surface area (Å²) in [6.45, 7) is 5.42. The zero-order valence-electron chi connectivity index (χ0n) is 16.6. The lowest BCUT2D eigenvalue weighted by molar-refractivity contribution is 0.240. The molecule has 0 aliphatic heterocycles. The van der Waals surface area contributed by atoms with Crippen LogP contribution in [-0.2, 0) is 26.6 Å². The maximum atomic E-state index is 12.7. The standard InChI is InChI=1S/C19H26N2O5S2/c1-14(2)26-18-11-10-17(12-15(18)3)27(22,23)20-13-16-8-6-7-9-19(16)28(24,25)21(4)5/h6-12,14,20H,13H2,1-5H3. The van der Waals surface area contributed by atoms with Gasteiger partial charge in [0.25, 0.3) is 0 Å². The second-order valence-electron chi connectivity index (χ2n) is 6.81. The average molecular weight is 427 g/mol. The molecule has 2 aromatic rings. The fourth-order valence-electron chi connectivity index (χ4n) is 2.53. The van der Waals surface area contributed by atoms with E-state index in [0.29, 0.717) is 16.9 Å². The normalized spacial score (nSPS) is 12.5. The number of benzene rings is 2. The topological polar surface area (TPSA) is 92.8 Å². The minimum absolute atomic E-state index is 0.0190. The highest BCUT2D eigenvalue weighted by Crippen LogP contribution is 2.24. The van der Waals surface area contributed by atoms with Crippen LogP contribution in [0.4, 0.5) is 0 Å². The van der Waals surface area contributed by atoms with Crippen LogP contribution >= 0.6 is 0 Å². The van der Waals surface area contributed by atoms with Gasteiger partial charge >= 0.3 is 0 Å². The molecule has 0 aliphatic rings. The molecule has 9 heteroatoms. The van der Waals surface area contributed by atoms with Gasteiger partial charge < -0.3 is 4.74 Å². The van der Waals surface area contributed by atoms with E-state index in [2.05, 4.69) is 4.72 Å². The number of rotatable bonds is 8. The summed E-state index contributed by atoms with van der Waals surface area (Å²) in [5.41, 5.74) is 1.07. The minimum Gasteiger partial charge on any atom is -0.491 e. The summed E-state index contributed by atoms with van der Waals surface area (Å²) < 4.78 is 59.5. The molecule has 0 radical (unpaired) electrons. The van der Waals surface area contributed by atoms with Gasteiger partial charge in [-0.3, -0.25) is 0 Å². The summed E-state index contributed by atoms with van der Waals surface area (Å²) in [4.78, 5) is 0.161. The van der Waals surface area contributed by atoms with Crippen LogP contribution in [0.1, 0.15) is 25.0 Å². The Kier molecular flexibility index (Phi) is 6.87. The Balaban J connectivity index is 2.27. The molecular formula is C19H26N2O5S2. The summed E-state index contributed by atoms with van der Waals surface area (Å²) in [5, 5.41) is 0. The van der Waals surface area contributed by atoms with E-state index in [1.165, 1.54) is 32.3 Å². The van der Waals surface area contributed by atoms with Crippen LogP contribution in [0.15, 0.2) is 52.3 Å². The Labute approximate surface area is 167 Å². The number of hydrogen-bond donors (Lipinski definition) is 1. The fraction of sp³-hybridized carbons (Fsp3) is 0.368. The van der Waals surface area contributed by atoms with Crippen molar-refractivity contribution in [2.75, 3.05) is 14.1 Å². The maximum absolute atomic E-state index is 12.7. The number of ether oxygens (including phenoxy) is 1. The van der Waals surface area contributed by atoms with Crippen LogP contribution < -0.4 is 9.46 Å². The molecule has 1 N–H and O–H groups in total. The fourth-order valence-corrected chi connectivity index (χ4v) is 4.74. The van der Waals surface area contributed by atoms with Crippen molar-refractivity contribution in [3.8, 4) is 5.75 Å². The van der Waals surface area contributed by atoms with Crippen molar-refractivity contribution in [1.29, 1.82) is 0 Å². The highest BCUT2D eigenvalue weighted by Gasteiger charge is 2.22. The van der Waals surface area contributed by atoms with Gasteiger partial charge in [-0.25, -0.2) is 25.9 Å². The molecule has 2 rings (SSSR count). The van der Waals surface area contributed by atoms with Crippen LogP contribution in [0, 0.1) is 6.92 Å². The highest BCUT2D eigenvalue weighted by atomic mass is 32.2. The third-order valence-corrected chi connectivity index (χ3v) is 7.32. The van der Waals surface area contributed by atoms with Gasteiger partial charge in [-0.15, -0.1) is 0 Å². The number of aryl methyl sites for hydroxylation is 1. The largest absolute Gasteiger partial charge is 0.491 e. The van der Waals surface area contributed by atoms with Gasteiger partial charge in [-0.05, 0) is 56.2 Å². The molecule has 154 valence electrons. The van der Waals surface area contributed by atoms with E-state index < -0.39 is 20.0 Å². The quantitative estimate of drug-likeness (QED) is 0.700. The van der Waals surface area contributed by atoms with Crippen molar-refractivity contribution in [1.82, 2.24) is 9.03 Å². The molecule has 0 aromatic heterocycles. The van der Waals surface area contributed by atoms with E-state index in [-0.39, 0.29) is 22.4 Å². The van der Waals surface area contributed by atoms with Crippen molar-refractivity contribution in [2.45, 2.75) is 43.2 Å². The minimum atomic E-state index is -3.82. The summed E-state index contributed by atoms with van der Waals surface area (Å²) in [6.07, 6.45) is -0.0190. The molecule has 2 aromatic carbocycles. The van der Waals surface area contributed by atoms with Gasteiger partial charge in [-0.2, -0.15) is 0 Å². The van der Waals surface area contributed by atoms with Crippen molar-refractivity contribution in [2.24, 2.45) is 0 Å². The molecular weight excluding hydrogens is 400 g/mol. The first kappa shape index (κ1) is 22.4. The molecule has 0 atom stereocenters. The first-order valence-corrected chi connectivity index (χ1v) is 11.6. The van der Waals surface area contributed by atoms with E-state index in [4.69, 9.17) is 4.74 Å². The average Bonchev–Trinajstić information content (AvgIpc) is 2.61. The smallest absolute Gasteiger partial charge is 0.242 e. The summed E-state index contributed by atoms with van der Waals surface area (Å²) in [6, 6.07) is 10.9. The van der Waals surface area contributed by atoms with Crippen LogP contribution in [0.2, 0.25) is 0 Å². The molecule has 0 spiro atoms. The molecule has 0 saturated heterocycles. The summed E-state index contributed by atoms with van der Waals surface area (Å²) in [7, 11) is -4.64. The second kappa shape index (κ2) is 8.60. The van der Waals surface area contributed by atoms with Gasteiger partial charge in [0.2, 0.25) is 20.0 Å². The summed E-state index contributed by atoms with van der Waals surface area (Å²) in [5.74, 6) is 0.622. The monoisotopic (exact) mass is 426 g/mol. The predicted molar refractivity (Wildman–Crippen MR) is 108 cm³/mol. The molecule has 0 aliphatic carbocycles. The van der Waals surface area contributed by atoms with E-state index in [9.17, 15) is 16.8 Å². The van der Waals surface area contributed by atoms with Gasteiger partial charge in [-0.1, -0.05) is 18.2 Å². The lowest BCUT2D eigenvalue weighted by Crippen LogP contribution is -2.27. The maximum Gasteiger partial charge on any atom is 0.242 e. The number of sulfonamides is 2. The van der Waals surface area contributed by atoms with Crippen molar-refractivity contribution < 1.29 is 21.6 Å². The Morgan fingerprint density at radius 2 is 1.68 bits per heavy atom. The SMILES string of the molecule is Cc1cc(S(=O)(=O)NCc2ccccc2S(=O)(=O)N(C)C)ccc1OC(C)C. The third-order valence-electron chi connectivity index (χ3n) is 4.00. The number of hydrogen-bond acceptors (Lipinski definition) is 5. The van der Waals surface area contributed by atoms with Crippen LogP contribution in [0.3, 0.4) is 0 Å². The Hall–Kier alpha value is -1.94. The van der Waals surface area contributed by atoms with Gasteiger partial charge in [0.1, 0.15) is 5.75 Å². The Morgan fingerprint density at radius 3 is 2.25 bits per heavy atom. The zero-order chi connectivity index (χ0) is 21.1. The molecule has 28 heavy (non-hydrogen) atoms. The van der Waals surface area contributed by atoms with E-state index in [0.717, 1.165) is 4.31 Å². The number of nitrogens with one attached hydrogen (secondary N) is 1. The molecule has 0 saturated carbocycles. The van der Waals surface area contributed by atoms with E-state index in [1.807, 2.05) is 13.8 Å². The van der Waals surface area contributed by atoms with Crippen molar-refractivity contribution >= 4 is 20.0 Å². The van der Waals surface area contributed by atoms with Crippen LogP contribution in [0.5, 0.6) is 5.75 Å². The molecule has 0 fully saturated rings.